The molecule has 2 aromatic carbocycles. The molecule has 0 fully saturated rings. The maximum atomic E-state index is 14.3. The Balaban J connectivity index is 1.52. The number of amides is 1. The van der Waals surface area contributed by atoms with Crippen molar-refractivity contribution >= 4 is 17.5 Å². The summed E-state index contributed by atoms with van der Waals surface area (Å²) >= 11 is 6.11. The summed E-state index contributed by atoms with van der Waals surface area (Å²) in [5.74, 6) is 0.494. The lowest BCUT2D eigenvalue weighted by molar-refractivity contribution is 0.0788. The highest BCUT2D eigenvalue weighted by atomic mass is 35.5. The molecule has 1 amide bonds. The van der Waals surface area contributed by atoms with E-state index in [1.54, 1.807) is 13.0 Å². The van der Waals surface area contributed by atoms with Crippen LogP contribution in [-0.4, -0.2) is 30.3 Å². The van der Waals surface area contributed by atoms with E-state index in [0.717, 1.165) is 0 Å². The molecule has 0 spiro atoms. The predicted molar refractivity (Wildman–Crippen MR) is 100 cm³/mol. The number of benzene rings is 2. The highest BCUT2D eigenvalue weighted by molar-refractivity contribution is 6.33. The van der Waals surface area contributed by atoms with Crippen LogP contribution in [0, 0.1) is 12.7 Å². The van der Waals surface area contributed by atoms with Gasteiger partial charge in [-0.25, -0.2) is 4.39 Å². The number of hydrogen-bond acceptors (Lipinski definition) is 5. The van der Waals surface area contributed by atoms with Gasteiger partial charge in [0.1, 0.15) is 35.5 Å². The Hall–Kier alpha value is -3.06. The van der Waals surface area contributed by atoms with Crippen LogP contribution in [0.2, 0.25) is 5.02 Å². The first-order valence-corrected chi connectivity index (χ1v) is 8.99. The molecule has 8 heteroatoms. The summed E-state index contributed by atoms with van der Waals surface area (Å²) < 4.78 is 30.9. The summed E-state index contributed by atoms with van der Waals surface area (Å²) in [6.07, 6.45) is -0.362. The molecule has 1 aliphatic heterocycles. The van der Waals surface area contributed by atoms with E-state index in [-0.39, 0.29) is 40.3 Å². The maximum Gasteiger partial charge on any atom is 0.257 e. The van der Waals surface area contributed by atoms with Crippen LogP contribution in [0.25, 0.3) is 11.3 Å². The monoisotopic (exact) mass is 402 g/mol. The van der Waals surface area contributed by atoms with Gasteiger partial charge in [-0.1, -0.05) is 35.0 Å². The molecule has 0 saturated heterocycles. The van der Waals surface area contributed by atoms with Crippen molar-refractivity contribution in [1.29, 1.82) is 0 Å². The number of rotatable bonds is 4. The van der Waals surface area contributed by atoms with Gasteiger partial charge in [-0.05, 0) is 31.2 Å². The minimum absolute atomic E-state index is 0.0253. The summed E-state index contributed by atoms with van der Waals surface area (Å²) in [5, 5.41) is 6.74. The number of aromatic nitrogens is 1. The van der Waals surface area contributed by atoms with Crippen LogP contribution in [0.4, 0.5) is 4.39 Å². The fraction of sp³-hybridized carbons (Fsp3) is 0.200. The normalized spacial score (nSPS) is 15.3. The van der Waals surface area contributed by atoms with E-state index in [2.05, 4.69) is 10.5 Å². The van der Waals surface area contributed by atoms with Gasteiger partial charge in [0.2, 0.25) is 0 Å². The van der Waals surface area contributed by atoms with Gasteiger partial charge in [0.05, 0.1) is 17.1 Å². The van der Waals surface area contributed by atoms with Gasteiger partial charge in [0, 0.05) is 0 Å². The van der Waals surface area contributed by atoms with Crippen molar-refractivity contribution in [3.63, 3.8) is 0 Å². The second-order valence-corrected chi connectivity index (χ2v) is 6.67. The molecule has 1 aliphatic rings. The first-order chi connectivity index (χ1) is 13.5. The van der Waals surface area contributed by atoms with Crippen molar-refractivity contribution in [2.75, 3.05) is 13.2 Å². The molecule has 0 unspecified atom stereocenters. The molecule has 1 N–H and O–H groups in total. The Morgan fingerprint density at radius 3 is 2.82 bits per heavy atom. The molecule has 28 heavy (non-hydrogen) atoms. The van der Waals surface area contributed by atoms with Gasteiger partial charge in [-0.3, -0.25) is 4.79 Å². The van der Waals surface area contributed by atoms with Gasteiger partial charge in [-0.15, -0.1) is 0 Å². The standard InChI is InChI=1S/C20H16ClFN2O4/c1-11-17(19(24-28-11)18-13(21)5-4-6-14(18)22)20(25)23-9-12-10-26-15-7-2-3-8-16(15)27-12/h2-8,12H,9-10H2,1H3,(H,23,25)/t12-/m1/s1. The van der Waals surface area contributed by atoms with Crippen LogP contribution in [-0.2, 0) is 0 Å². The third-order valence-corrected chi connectivity index (χ3v) is 4.66. The average Bonchev–Trinajstić information content (AvgIpc) is 3.07. The van der Waals surface area contributed by atoms with Gasteiger partial charge in [-0.2, -0.15) is 0 Å². The van der Waals surface area contributed by atoms with Crippen LogP contribution in [0.3, 0.4) is 0 Å². The molecule has 0 saturated carbocycles. The number of para-hydroxylation sites is 2. The Bertz CT molecular complexity index is 1020. The summed E-state index contributed by atoms with van der Waals surface area (Å²) in [5.41, 5.74) is 0.214. The first kappa shape index (κ1) is 18.3. The van der Waals surface area contributed by atoms with E-state index in [0.29, 0.717) is 18.1 Å². The highest BCUT2D eigenvalue weighted by Gasteiger charge is 2.27. The summed E-state index contributed by atoms with van der Waals surface area (Å²) in [6, 6.07) is 11.6. The van der Waals surface area contributed by atoms with Crippen molar-refractivity contribution in [3.05, 3.63) is 64.6 Å². The number of carbonyl (C=O) groups excluding carboxylic acids is 1. The molecular formula is C20H16ClFN2O4. The molecular weight excluding hydrogens is 387 g/mol. The van der Waals surface area contributed by atoms with Crippen LogP contribution < -0.4 is 14.8 Å². The van der Waals surface area contributed by atoms with Gasteiger partial charge in [0.15, 0.2) is 11.5 Å². The van der Waals surface area contributed by atoms with E-state index >= 15 is 0 Å². The minimum atomic E-state index is -0.588. The van der Waals surface area contributed by atoms with Crippen molar-refractivity contribution < 1.29 is 23.2 Å². The molecule has 0 bridgehead atoms. The number of fused-ring (bicyclic) bond motifs is 1. The van der Waals surface area contributed by atoms with Crippen LogP contribution in [0.1, 0.15) is 16.1 Å². The fourth-order valence-electron chi connectivity index (χ4n) is 2.99. The van der Waals surface area contributed by atoms with Gasteiger partial charge >= 0.3 is 0 Å². The van der Waals surface area contributed by atoms with Gasteiger partial charge < -0.3 is 19.3 Å². The van der Waals surface area contributed by atoms with E-state index in [9.17, 15) is 9.18 Å². The number of aryl methyl sites for hydroxylation is 1. The lowest BCUT2D eigenvalue weighted by atomic mass is 10.0. The number of ether oxygens (including phenoxy) is 2. The SMILES string of the molecule is Cc1onc(-c2c(F)cccc2Cl)c1C(=O)NC[C@@H]1COc2ccccc2O1. The Kier molecular flexibility index (Phi) is 4.92. The van der Waals surface area contributed by atoms with Crippen molar-refractivity contribution in [1.82, 2.24) is 10.5 Å². The van der Waals surface area contributed by atoms with E-state index < -0.39 is 11.7 Å². The molecule has 0 radical (unpaired) electrons. The summed E-state index contributed by atoms with van der Waals surface area (Å²) in [4.78, 5) is 12.8. The first-order valence-electron chi connectivity index (χ1n) is 8.62. The van der Waals surface area contributed by atoms with Crippen molar-refractivity contribution in [2.24, 2.45) is 0 Å². The van der Waals surface area contributed by atoms with E-state index in [1.165, 1.54) is 18.2 Å². The predicted octanol–water partition coefficient (Wildman–Crippen LogP) is 4.01. The van der Waals surface area contributed by atoms with Crippen LogP contribution in [0.15, 0.2) is 47.0 Å². The molecule has 1 atom stereocenters. The van der Waals surface area contributed by atoms with Crippen molar-refractivity contribution in [3.8, 4) is 22.8 Å². The number of halogens is 2. The maximum absolute atomic E-state index is 14.3. The Morgan fingerprint density at radius 1 is 1.25 bits per heavy atom. The minimum Gasteiger partial charge on any atom is -0.486 e. The molecule has 2 heterocycles. The lowest BCUT2D eigenvalue weighted by Gasteiger charge is -2.26. The van der Waals surface area contributed by atoms with Crippen molar-refractivity contribution in [2.45, 2.75) is 13.0 Å². The molecule has 3 aromatic rings. The zero-order chi connectivity index (χ0) is 19.7. The number of nitrogens with zero attached hydrogens (tertiary/aromatic N) is 1. The van der Waals surface area contributed by atoms with E-state index in [1.807, 2.05) is 18.2 Å². The Morgan fingerprint density at radius 2 is 2.04 bits per heavy atom. The topological polar surface area (TPSA) is 73.6 Å². The van der Waals surface area contributed by atoms with E-state index in [4.69, 9.17) is 25.6 Å². The zero-order valence-electron chi connectivity index (χ0n) is 14.9. The van der Waals surface area contributed by atoms with Crippen LogP contribution >= 0.6 is 11.6 Å². The Labute approximate surface area is 165 Å². The second kappa shape index (κ2) is 7.52. The molecule has 144 valence electrons. The smallest absolute Gasteiger partial charge is 0.257 e. The molecule has 4 rings (SSSR count). The number of nitrogens with one attached hydrogen (secondary N) is 1. The largest absolute Gasteiger partial charge is 0.486 e. The quantitative estimate of drug-likeness (QED) is 0.713. The zero-order valence-corrected chi connectivity index (χ0v) is 15.6. The molecule has 1 aromatic heterocycles. The average molecular weight is 403 g/mol. The summed E-state index contributed by atoms with van der Waals surface area (Å²) in [6.45, 7) is 2.07. The van der Waals surface area contributed by atoms with Crippen LogP contribution in [0.5, 0.6) is 11.5 Å². The third-order valence-electron chi connectivity index (χ3n) is 4.35. The molecule has 0 aliphatic carbocycles. The third kappa shape index (κ3) is 3.41. The lowest BCUT2D eigenvalue weighted by Crippen LogP contribution is -2.40. The number of hydrogen-bond donors (Lipinski definition) is 1. The number of carbonyl (C=O) groups is 1. The second-order valence-electron chi connectivity index (χ2n) is 6.27. The summed E-state index contributed by atoms with van der Waals surface area (Å²) in [7, 11) is 0. The fourth-order valence-corrected chi connectivity index (χ4v) is 3.25. The van der Waals surface area contributed by atoms with Gasteiger partial charge in [0.25, 0.3) is 5.91 Å². The molecule has 6 nitrogen and oxygen atoms in total. The highest BCUT2D eigenvalue weighted by Crippen LogP contribution is 2.34.